The van der Waals surface area contributed by atoms with Gasteiger partial charge in [-0.2, -0.15) is 0 Å². The van der Waals surface area contributed by atoms with Gasteiger partial charge in [-0.25, -0.2) is 0 Å². The van der Waals surface area contributed by atoms with E-state index in [1.807, 2.05) is 11.3 Å². The summed E-state index contributed by atoms with van der Waals surface area (Å²) in [6.45, 7) is 4.19. The maximum atomic E-state index is 10.2. The molecule has 0 aromatic carbocycles. The molecule has 19 heavy (non-hydrogen) atoms. The maximum absolute atomic E-state index is 10.2. The average Bonchev–Trinajstić information content (AvgIpc) is 2.75. The summed E-state index contributed by atoms with van der Waals surface area (Å²) in [6, 6.07) is 4.85. The van der Waals surface area contributed by atoms with E-state index in [1.165, 1.54) is 16.2 Å². The molecule has 2 rings (SSSR count). The maximum Gasteiger partial charge on any atom is 0.0695 e. The minimum absolute atomic E-state index is 0.0668. The van der Waals surface area contributed by atoms with Gasteiger partial charge < -0.3 is 10.8 Å². The van der Waals surface area contributed by atoms with Gasteiger partial charge >= 0.3 is 0 Å². The molecule has 108 valence electrons. The Morgan fingerprint density at radius 3 is 2.58 bits per heavy atom. The molecule has 4 unspecified atom stereocenters. The van der Waals surface area contributed by atoms with Gasteiger partial charge in [0.2, 0.25) is 0 Å². The molecule has 1 aromatic heterocycles. The zero-order chi connectivity index (χ0) is 14.0. The molecular formula is C15H26N2OS. The molecule has 0 radical (unpaired) electrons. The molecule has 3 N–H and O–H groups in total. The average molecular weight is 282 g/mol. The van der Waals surface area contributed by atoms with Gasteiger partial charge in [-0.3, -0.25) is 4.90 Å². The van der Waals surface area contributed by atoms with Gasteiger partial charge in [-0.1, -0.05) is 12.8 Å². The van der Waals surface area contributed by atoms with Crippen molar-refractivity contribution in [2.24, 2.45) is 5.73 Å². The van der Waals surface area contributed by atoms with Crippen LogP contribution in [0.3, 0.4) is 0 Å². The smallest absolute Gasteiger partial charge is 0.0695 e. The second-order valence-electron chi connectivity index (χ2n) is 5.84. The van der Waals surface area contributed by atoms with Gasteiger partial charge in [0, 0.05) is 21.8 Å². The summed E-state index contributed by atoms with van der Waals surface area (Å²) in [7, 11) is 2.11. The van der Waals surface area contributed by atoms with Gasteiger partial charge in [0.15, 0.2) is 0 Å². The van der Waals surface area contributed by atoms with Crippen LogP contribution in [0.25, 0.3) is 0 Å². The summed E-state index contributed by atoms with van der Waals surface area (Å²) in [6.07, 6.45) is 4.14. The molecule has 1 saturated carbocycles. The third kappa shape index (κ3) is 3.37. The van der Waals surface area contributed by atoms with E-state index in [2.05, 4.69) is 37.9 Å². The molecule has 3 nitrogen and oxygen atoms in total. The molecule has 1 aliphatic carbocycles. The number of aryl methyl sites for hydroxylation is 1. The fourth-order valence-corrected chi connectivity index (χ4v) is 4.36. The number of rotatable bonds is 4. The summed E-state index contributed by atoms with van der Waals surface area (Å²) in [5, 5.41) is 10.2. The van der Waals surface area contributed by atoms with Crippen molar-refractivity contribution in [1.82, 2.24) is 4.90 Å². The number of thiophene rings is 1. The topological polar surface area (TPSA) is 49.5 Å². The first-order chi connectivity index (χ1) is 9.00. The van der Waals surface area contributed by atoms with Gasteiger partial charge in [0.25, 0.3) is 0 Å². The van der Waals surface area contributed by atoms with Crippen molar-refractivity contribution in [2.45, 2.75) is 63.8 Å². The predicted octanol–water partition coefficient (Wildman–Crippen LogP) is 2.68. The van der Waals surface area contributed by atoms with Crippen molar-refractivity contribution < 1.29 is 5.11 Å². The number of aliphatic hydroxyl groups is 1. The molecule has 1 fully saturated rings. The Bertz CT molecular complexity index is 405. The zero-order valence-corrected chi connectivity index (χ0v) is 13.0. The first kappa shape index (κ1) is 15.0. The summed E-state index contributed by atoms with van der Waals surface area (Å²) in [5.74, 6) is 0. The lowest BCUT2D eigenvalue weighted by atomic mass is 9.90. The number of nitrogens with two attached hydrogens (primary N) is 1. The lowest BCUT2D eigenvalue weighted by molar-refractivity contribution is 0.00865. The van der Waals surface area contributed by atoms with E-state index in [9.17, 15) is 5.11 Å². The van der Waals surface area contributed by atoms with Crippen LogP contribution in [0, 0.1) is 6.92 Å². The Balaban J connectivity index is 2.18. The standard InChI is InChI=1S/C15H26N2OS/c1-10-8-9-14(19-10)15(11(2)16)17(3)12-6-4-5-7-13(12)18/h8-9,11-13,15,18H,4-7,16H2,1-3H3. The minimum Gasteiger partial charge on any atom is -0.391 e. The number of nitrogens with zero attached hydrogens (tertiary/aromatic N) is 1. The highest BCUT2D eigenvalue weighted by atomic mass is 32.1. The molecule has 0 saturated heterocycles. The molecular weight excluding hydrogens is 256 g/mol. The van der Waals surface area contributed by atoms with E-state index >= 15 is 0 Å². The number of likely N-dealkylation sites (N-methyl/N-ethyl adjacent to an activating group) is 1. The Hall–Kier alpha value is -0.420. The Morgan fingerprint density at radius 1 is 1.37 bits per heavy atom. The summed E-state index contributed by atoms with van der Waals surface area (Å²) < 4.78 is 0. The van der Waals surface area contributed by atoms with Crippen molar-refractivity contribution in [3.05, 3.63) is 21.9 Å². The normalized spacial score (nSPS) is 27.5. The minimum atomic E-state index is -0.207. The highest BCUT2D eigenvalue weighted by Gasteiger charge is 2.33. The van der Waals surface area contributed by atoms with Crippen LogP contribution in [0.1, 0.15) is 48.4 Å². The molecule has 1 aromatic rings. The van der Waals surface area contributed by atoms with Crippen LogP contribution in [0.15, 0.2) is 12.1 Å². The molecule has 0 aliphatic heterocycles. The summed E-state index contributed by atoms with van der Waals surface area (Å²) >= 11 is 1.81. The summed E-state index contributed by atoms with van der Waals surface area (Å²) in [4.78, 5) is 4.94. The van der Waals surface area contributed by atoms with E-state index in [1.54, 1.807) is 0 Å². The molecule has 4 heteroatoms. The van der Waals surface area contributed by atoms with Crippen LogP contribution in [0.2, 0.25) is 0 Å². The lowest BCUT2D eigenvalue weighted by Gasteiger charge is -2.41. The monoisotopic (exact) mass is 282 g/mol. The Morgan fingerprint density at radius 2 is 2.05 bits per heavy atom. The first-order valence-electron chi connectivity index (χ1n) is 7.22. The van der Waals surface area contributed by atoms with Crippen molar-refractivity contribution in [2.75, 3.05) is 7.05 Å². The summed E-state index contributed by atoms with van der Waals surface area (Å²) in [5.41, 5.74) is 6.21. The highest BCUT2D eigenvalue weighted by Crippen LogP contribution is 2.33. The number of hydrogen-bond acceptors (Lipinski definition) is 4. The quantitative estimate of drug-likeness (QED) is 0.892. The molecule has 1 aliphatic rings. The van der Waals surface area contributed by atoms with Crippen molar-refractivity contribution >= 4 is 11.3 Å². The molecule has 1 heterocycles. The van der Waals surface area contributed by atoms with Gasteiger partial charge in [-0.15, -0.1) is 11.3 Å². The molecule has 4 atom stereocenters. The fourth-order valence-electron chi connectivity index (χ4n) is 3.22. The van der Waals surface area contributed by atoms with E-state index in [0.29, 0.717) is 0 Å². The second kappa shape index (κ2) is 6.35. The van der Waals surface area contributed by atoms with Crippen LogP contribution in [0.5, 0.6) is 0 Å². The Labute approximate surface area is 120 Å². The SMILES string of the molecule is Cc1ccc(C(C(C)N)N(C)C2CCCCC2O)s1. The van der Waals surface area contributed by atoms with E-state index in [-0.39, 0.29) is 24.2 Å². The van der Waals surface area contributed by atoms with Crippen molar-refractivity contribution in [1.29, 1.82) is 0 Å². The van der Waals surface area contributed by atoms with Crippen LogP contribution >= 0.6 is 11.3 Å². The highest BCUT2D eigenvalue weighted by molar-refractivity contribution is 7.12. The lowest BCUT2D eigenvalue weighted by Crippen LogP contribution is -2.48. The van der Waals surface area contributed by atoms with Gasteiger partial charge in [0.05, 0.1) is 12.1 Å². The van der Waals surface area contributed by atoms with E-state index in [4.69, 9.17) is 5.73 Å². The van der Waals surface area contributed by atoms with Gasteiger partial charge in [-0.05, 0) is 45.9 Å². The third-order valence-electron chi connectivity index (χ3n) is 4.21. The number of hydrogen-bond donors (Lipinski definition) is 2. The van der Waals surface area contributed by atoms with E-state index in [0.717, 1.165) is 19.3 Å². The van der Waals surface area contributed by atoms with Crippen LogP contribution in [-0.4, -0.2) is 35.2 Å². The zero-order valence-electron chi connectivity index (χ0n) is 12.2. The molecule has 0 spiro atoms. The molecule has 0 amide bonds. The number of aliphatic hydroxyl groups excluding tert-OH is 1. The second-order valence-corrected chi connectivity index (χ2v) is 7.16. The van der Waals surface area contributed by atoms with Crippen LogP contribution in [0.4, 0.5) is 0 Å². The first-order valence-corrected chi connectivity index (χ1v) is 8.04. The van der Waals surface area contributed by atoms with Crippen LogP contribution in [-0.2, 0) is 0 Å². The van der Waals surface area contributed by atoms with Gasteiger partial charge in [0.1, 0.15) is 0 Å². The third-order valence-corrected chi connectivity index (χ3v) is 5.28. The predicted molar refractivity (Wildman–Crippen MR) is 81.5 cm³/mol. The Kier molecular flexibility index (Phi) is 5.01. The van der Waals surface area contributed by atoms with Crippen molar-refractivity contribution in [3.8, 4) is 0 Å². The van der Waals surface area contributed by atoms with E-state index < -0.39 is 0 Å². The van der Waals surface area contributed by atoms with Crippen molar-refractivity contribution in [3.63, 3.8) is 0 Å². The molecule has 0 bridgehead atoms. The largest absolute Gasteiger partial charge is 0.391 e. The fraction of sp³-hybridized carbons (Fsp3) is 0.733. The van der Waals surface area contributed by atoms with Crippen LogP contribution < -0.4 is 5.73 Å².